The van der Waals surface area contributed by atoms with Gasteiger partial charge in [0, 0.05) is 12.6 Å². The van der Waals surface area contributed by atoms with Crippen molar-refractivity contribution in [2.24, 2.45) is 11.8 Å². The normalized spacial score (nSPS) is 27.6. The summed E-state index contributed by atoms with van der Waals surface area (Å²) in [6, 6.07) is 4.93. The van der Waals surface area contributed by atoms with Gasteiger partial charge in [0.1, 0.15) is 5.82 Å². The lowest BCUT2D eigenvalue weighted by atomic mass is 9.95. The lowest BCUT2D eigenvalue weighted by Crippen LogP contribution is -2.38. The highest BCUT2D eigenvalue weighted by Gasteiger charge is 2.40. The summed E-state index contributed by atoms with van der Waals surface area (Å²) in [7, 11) is 0. The van der Waals surface area contributed by atoms with Gasteiger partial charge in [-0.2, -0.15) is 0 Å². The Hall–Kier alpha value is -1.58. The summed E-state index contributed by atoms with van der Waals surface area (Å²) in [6.45, 7) is 2.49. The number of amides is 1. The molecule has 2 fully saturated rings. The van der Waals surface area contributed by atoms with E-state index < -0.39 is 0 Å². The van der Waals surface area contributed by atoms with Crippen LogP contribution in [0.4, 0.5) is 10.1 Å². The van der Waals surface area contributed by atoms with Crippen molar-refractivity contribution in [3.8, 4) is 0 Å². The van der Waals surface area contributed by atoms with E-state index >= 15 is 0 Å². The van der Waals surface area contributed by atoms with Crippen molar-refractivity contribution < 1.29 is 9.18 Å². The molecule has 2 N–H and O–H groups in total. The Morgan fingerprint density at radius 3 is 2.85 bits per heavy atom. The molecule has 2 aliphatic carbocycles. The van der Waals surface area contributed by atoms with Crippen molar-refractivity contribution in [3.63, 3.8) is 0 Å². The number of carbonyl (C=O) groups is 1. The van der Waals surface area contributed by atoms with Gasteiger partial charge >= 0.3 is 0 Å². The first-order valence-corrected chi connectivity index (χ1v) is 7.52. The number of nitrogens with one attached hydrogen (secondary N) is 2. The van der Waals surface area contributed by atoms with Crippen LogP contribution in [-0.4, -0.2) is 18.5 Å². The maximum absolute atomic E-state index is 13.8. The van der Waals surface area contributed by atoms with Gasteiger partial charge < -0.3 is 10.6 Å². The Morgan fingerprint density at radius 1 is 1.35 bits per heavy atom. The first kappa shape index (κ1) is 13.4. The number of hydrogen-bond acceptors (Lipinski definition) is 2. The van der Waals surface area contributed by atoms with E-state index in [4.69, 9.17) is 0 Å². The number of fused-ring (bicyclic) bond motifs is 2. The zero-order valence-corrected chi connectivity index (χ0v) is 11.8. The molecule has 0 aliphatic heterocycles. The summed E-state index contributed by atoms with van der Waals surface area (Å²) in [4.78, 5) is 12.4. The van der Waals surface area contributed by atoms with Crippen LogP contribution in [0, 0.1) is 17.7 Å². The molecule has 0 spiro atoms. The first-order chi connectivity index (χ1) is 9.69. The van der Waals surface area contributed by atoms with Crippen LogP contribution in [0.1, 0.15) is 43.0 Å². The molecule has 0 heterocycles. The minimum atomic E-state index is -0.368. The minimum Gasteiger partial charge on any atom is -0.382 e. The highest BCUT2D eigenvalue weighted by atomic mass is 19.1. The van der Waals surface area contributed by atoms with Crippen LogP contribution in [0.3, 0.4) is 0 Å². The lowest BCUT2D eigenvalue weighted by molar-refractivity contribution is 0.0923. The monoisotopic (exact) mass is 276 g/mol. The van der Waals surface area contributed by atoms with Crippen molar-refractivity contribution in [2.45, 2.75) is 38.6 Å². The number of anilines is 1. The molecule has 2 saturated carbocycles. The van der Waals surface area contributed by atoms with E-state index in [1.807, 2.05) is 6.92 Å². The topological polar surface area (TPSA) is 41.1 Å². The van der Waals surface area contributed by atoms with Gasteiger partial charge in [0.15, 0.2) is 0 Å². The van der Waals surface area contributed by atoms with Crippen LogP contribution in [0.2, 0.25) is 0 Å². The Balaban J connectivity index is 1.75. The predicted molar refractivity (Wildman–Crippen MR) is 77.3 cm³/mol. The van der Waals surface area contributed by atoms with Gasteiger partial charge in [-0.1, -0.05) is 12.5 Å². The SMILES string of the molecule is CCNc1c(F)cccc1C(=O)NC1CC2CCC1C2. The van der Waals surface area contributed by atoms with E-state index in [0.717, 1.165) is 12.3 Å². The number of carbonyl (C=O) groups excluding carboxylic acids is 1. The summed E-state index contributed by atoms with van der Waals surface area (Å²) in [5.41, 5.74) is 0.727. The molecule has 2 bridgehead atoms. The molecule has 4 heteroatoms. The molecule has 108 valence electrons. The second kappa shape index (κ2) is 5.43. The van der Waals surface area contributed by atoms with Crippen LogP contribution in [-0.2, 0) is 0 Å². The third-order valence-electron chi connectivity index (χ3n) is 4.67. The maximum Gasteiger partial charge on any atom is 0.253 e. The Kier molecular flexibility index (Phi) is 3.64. The summed E-state index contributed by atoms with van der Waals surface area (Å²) in [5.74, 6) is 0.886. The van der Waals surface area contributed by atoms with Gasteiger partial charge in [-0.15, -0.1) is 0 Å². The number of halogens is 1. The second-order valence-electron chi connectivity index (χ2n) is 5.95. The number of hydrogen-bond donors (Lipinski definition) is 2. The molecule has 2 aliphatic rings. The fourth-order valence-electron chi connectivity index (χ4n) is 3.74. The number of rotatable bonds is 4. The third-order valence-corrected chi connectivity index (χ3v) is 4.67. The summed E-state index contributed by atoms with van der Waals surface area (Å²) in [5, 5.41) is 6.06. The molecule has 3 rings (SSSR count). The van der Waals surface area contributed by atoms with Crippen LogP contribution in [0.5, 0.6) is 0 Å². The molecule has 3 atom stereocenters. The van der Waals surface area contributed by atoms with Gasteiger partial charge in [-0.25, -0.2) is 4.39 Å². The van der Waals surface area contributed by atoms with Crippen LogP contribution in [0.25, 0.3) is 0 Å². The van der Waals surface area contributed by atoms with Crippen molar-refractivity contribution >= 4 is 11.6 Å². The zero-order valence-electron chi connectivity index (χ0n) is 11.8. The van der Waals surface area contributed by atoms with E-state index in [0.29, 0.717) is 23.7 Å². The minimum absolute atomic E-state index is 0.155. The molecular weight excluding hydrogens is 255 g/mol. The van der Waals surface area contributed by atoms with Crippen molar-refractivity contribution in [1.82, 2.24) is 5.32 Å². The molecule has 1 aromatic rings. The molecule has 1 amide bonds. The van der Waals surface area contributed by atoms with Crippen molar-refractivity contribution in [3.05, 3.63) is 29.6 Å². The molecular formula is C16H21FN2O. The van der Waals surface area contributed by atoms with Gasteiger partial charge in [0.05, 0.1) is 11.3 Å². The molecule has 0 saturated heterocycles. The fourth-order valence-corrected chi connectivity index (χ4v) is 3.74. The van der Waals surface area contributed by atoms with Gasteiger partial charge in [-0.05, 0) is 50.2 Å². The highest BCUT2D eigenvalue weighted by Crippen LogP contribution is 2.44. The Bertz CT molecular complexity index is 517. The summed E-state index contributed by atoms with van der Waals surface area (Å²) < 4.78 is 13.8. The van der Waals surface area contributed by atoms with E-state index in [1.54, 1.807) is 12.1 Å². The standard InChI is InChI=1S/C16H21FN2O/c1-2-18-15-12(4-3-5-13(15)17)16(20)19-14-9-10-6-7-11(14)8-10/h3-5,10-11,14,18H,2,6-9H2,1H3,(H,19,20). The molecule has 20 heavy (non-hydrogen) atoms. The zero-order chi connectivity index (χ0) is 14.1. The molecule has 3 nitrogen and oxygen atoms in total. The van der Waals surface area contributed by atoms with Crippen LogP contribution >= 0.6 is 0 Å². The largest absolute Gasteiger partial charge is 0.382 e. The van der Waals surface area contributed by atoms with E-state index in [2.05, 4.69) is 10.6 Å². The van der Waals surface area contributed by atoms with E-state index in [1.165, 1.54) is 25.3 Å². The second-order valence-corrected chi connectivity index (χ2v) is 5.95. The average molecular weight is 276 g/mol. The van der Waals surface area contributed by atoms with Gasteiger partial charge in [-0.3, -0.25) is 4.79 Å². The lowest BCUT2D eigenvalue weighted by Gasteiger charge is -2.23. The molecule has 3 unspecified atom stereocenters. The predicted octanol–water partition coefficient (Wildman–Crippen LogP) is 3.18. The fraction of sp³-hybridized carbons (Fsp3) is 0.562. The van der Waals surface area contributed by atoms with E-state index in [9.17, 15) is 9.18 Å². The summed E-state index contributed by atoms with van der Waals surface area (Å²) in [6.07, 6.45) is 4.86. The molecule has 0 aromatic heterocycles. The number of benzene rings is 1. The number of para-hydroxylation sites is 1. The highest BCUT2D eigenvalue weighted by molar-refractivity contribution is 5.99. The van der Waals surface area contributed by atoms with Gasteiger partial charge in [0.2, 0.25) is 0 Å². The first-order valence-electron chi connectivity index (χ1n) is 7.52. The smallest absolute Gasteiger partial charge is 0.253 e. The maximum atomic E-state index is 13.8. The quantitative estimate of drug-likeness (QED) is 0.887. The van der Waals surface area contributed by atoms with Gasteiger partial charge in [0.25, 0.3) is 5.91 Å². The van der Waals surface area contributed by atoms with Crippen molar-refractivity contribution in [1.29, 1.82) is 0 Å². The van der Waals surface area contributed by atoms with Crippen LogP contribution < -0.4 is 10.6 Å². The Labute approximate surface area is 118 Å². The summed E-state index contributed by atoms with van der Waals surface area (Å²) >= 11 is 0. The average Bonchev–Trinajstić information content (AvgIpc) is 3.03. The molecule has 1 aromatic carbocycles. The van der Waals surface area contributed by atoms with Crippen molar-refractivity contribution in [2.75, 3.05) is 11.9 Å². The Morgan fingerprint density at radius 2 is 2.20 bits per heavy atom. The van der Waals surface area contributed by atoms with E-state index in [-0.39, 0.29) is 17.8 Å². The van der Waals surface area contributed by atoms with Crippen LogP contribution in [0.15, 0.2) is 18.2 Å². The molecule has 0 radical (unpaired) electrons. The third kappa shape index (κ3) is 2.39.